The normalized spacial score (nSPS) is 19.0. The summed E-state index contributed by atoms with van der Waals surface area (Å²) in [5.74, 6) is 0. The number of pyridine rings is 1. The number of benzene rings is 3. The van der Waals surface area contributed by atoms with E-state index in [9.17, 15) is 0 Å². The molecule has 3 aromatic carbocycles. The highest BCUT2D eigenvalue weighted by molar-refractivity contribution is 7.99. The first-order valence-corrected chi connectivity index (χ1v) is 9.49. The van der Waals surface area contributed by atoms with Crippen molar-refractivity contribution in [1.29, 1.82) is 0 Å². The molecule has 1 aliphatic rings. The van der Waals surface area contributed by atoms with Gasteiger partial charge in [-0.2, -0.15) is 4.57 Å². The third-order valence-corrected chi connectivity index (χ3v) is 6.29. The fourth-order valence-electron chi connectivity index (χ4n) is 3.82. The lowest BCUT2D eigenvalue weighted by Crippen LogP contribution is -2.45. The molecule has 120 valence electrons. The van der Waals surface area contributed by atoms with Gasteiger partial charge in [0.15, 0.2) is 12.2 Å². The van der Waals surface area contributed by atoms with Crippen LogP contribution in [0.15, 0.2) is 102 Å². The van der Waals surface area contributed by atoms with E-state index in [4.69, 9.17) is 0 Å². The molecule has 2 atom stereocenters. The lowest BCUT2D eigenvalue weighted by atomic mass is 9.96. The summed E-state index contributed by atoms with van der Waals surface area (Å²) in [6.07, 6.45) is 2.24. The van der Waals surface area contributed by atoms with E-state index in [-0.39, 0.29) is 6.04 Å². The molecule has 0 spiro atoms. The average molecular weight is 340 g/mol. The van der Waals surface area contributed by atoms with E-state index in [0.717, 1.165) is 0 Å². The Kier molecular flexibility index (Phi) is 3.57. The van der Waals surface area contributed by atoms with Gasteiger partial charge in [0, 0.05) is 17.0 Å². The first-order valence-electron chi connectivity index (χ1n) is 8.61. The highest BCUT2D eigenvalue weighted by atomic mass is 32.2. The summed E-state index contributed by atoms with van der Waals surface area (Å²) in [6.45, 7) is 0. The van der Waals surface area contributed by atoms with Gasteiger partial charge in [0.25, 0.3) is 0 Å². The maximum absolute atomic E-state index is 2.47. The summed E-state index contributed by atoms with van der Waals surface area (Å²) in [6, 6.07) is 33.0. The zero-order valence-corrected chi connectivity index (χ0v) is 14.6. The predicted molar refractivity (Wildman–Crippen MR) is 104 cm³/mol. The van der Waals surface area contributed by atoms with Gasteiger partial charge in [-0.25, -0.2) is 0 Å². The molecule has 5 rings (SSSR count). The second kappa shape index (κ2) is 6.05. The molecule has 0 radical (unpaired) electrons. The molecule has 0 saturated heterocycles. The van der Waals surface area contributed by atoms with Gasteiger partial charge in [0.2, 0.25) is 5.52 Å². The van der Waals surface area contributed by atoms with Crippen LogP contribution in [0.25, 0.3) is 10.9 Å². The van der Waals surface area contributed by atoms with Gasteiger partial charge < -0.3 is 0 Å². The molecule has 2 unspecified atom stereocenters. The smallest absolute Gasteiger partial charge is 0.189 e. The summed E-state index contributed by atoms with van der Waals surface area (Å²) < 4.78 is 2.47. The van der Waals surface area contributed by atoms with Crippen LogP contribution >= 0.6 is 11.8 Å². The van der Waals surface area contributed by atoms with Crippen LogP contribution in [0, 0.1) is 0 Å². The standard InChI is InChI=1S/C23H18NS/c1-3-9-18(10-4-1)22-23(19-11-5-2-6-12-19)25-20-15-7-13-17-14-8-16-24(22)21(17)20/h1-16,22-23H/q+1. The summed E-state index contributed by atoms with van der Waals surface area (Å²) in [4.78, 5) is 1.36. The number of para-hydroxylation sites is 1. The van der Waals surface area contributed by atoms with Crippen LogP contribution in [-0.2, 0) is 0 Å². The fourth-order valence-corrected chi connectivity index (χ4v) is 5.29. The molecule has 1 aromatic heterocycles. The molecule has 2 heterocycles. The van der Waals surface area contributed by atoms with E-state index >= 15 is 0 Å². The van der Waals surface area contributed by atoms with E-state index in [0.29, 0.717) is 5.25 Å². The van der Waals surface area contributed by atoms with Gasteiger partial charge in [-0.05, 0) is 23.8 Å². The Morgan fingerprint density at radius 1 is 0.640 bits per heavy atom. The van der Waals surface area contributed by atoms with Crippen LogP contribution in [0.2, 0.25) is 0 Å². The molecule has 0 amide bonds. The number of hydrogen-bond donors (Lipinski definition) is 0. The van der Waals surface area contributed by atoms with Crippen molar-refractivity contribution in [1.82, 2.24) is 0 Å². The second-order valence-corrected chi connectivity index (χ2v) is 7.60. The molecule has 0 aliphatic carbocycles. The van der Waals surface area contributed by atoms with Crippen molar-refractivity contribution >= 4 is 22.7 Å². The fraction of sp³-hybridized carbons (Fsp3) is 0.0870. The zero-order chi connectivity index (χ0) is 16.6. The molecular formula is C23H18NS+. The monoisotopic (exact) mass is 340 g/mol. The van der Waals surface area contributed by atoms with E-state index < -0.39 is 0 Å². The van der Waals surface area contributed by atoms with E-state index in [1.165, 1.54) is 26.9 Å². The minimum absolute atomic E-state index is 0.284. The van der Waals surface area contributed by atoms with Crippen molar-refractivity contribution in [3.63, 3.8) is 0 Å². The van der Waals surface area contributed by atoms with Crippen LogP contribution in [-0.4, -0.2) is 0 Å². The SMILES string of the molecule is c1ccc(C2Sc3cccc4ccc[n+](c34)C2c2ccccc2)cc1. The molecule has 1 aliphatic heterocycles. The molecule has 0 N–H and O–H groups in total. The number of thioether (sulfide) groups is 1. The van der Waals surface area contributed by atoms with Crippen molar-refractivity contribution in [2.75, 3.05) is 0 Å². The van der Waals surface area contributed by atoms with Crippen molar-refractivity contribution in [3.05, 3.63) is 108 Å². The van der Waals surface area contributed by atoms with Gasteiger partial charge in [0.1, 0.15) is 5.25 Å². The van der Waals surface area contributed by atoms with Gasteiger partial charge in [-0.3, -0.25) is 0 Å². The topological polar surface area (TPSA) is 3.88 Å². The van der Waals surface area contributed by atoms with Crippen LogP contribution in [0.1, 0.15) is 22.4 Å². The molecule has 2 heteroatoms. The molecule has 1 nitrogen and oxygen atoms in total. The summed E-state index contributed by atoms with van der Waals surface area (Å²) >= 11 is 1.98. The van der Waals surface area contributed by atoms with Gasteiger partial charge in [-0.1, -0.05) is 66.7 Å². The largest absolute Gasteiger partial charge is 0.226 e. The highest BCUT2D eigenvalue weighted by Crippen LogP contribution is 2.48. The lowest BCUT2D eigenvalue weighted by molar-refractivity contribution is -0.691. The Labute approximate surface area is 152 Å². The third kappa shape index (κ3) is 2.45. The summed E-state index contributed by atoms with van der Waals surface area (Å²) in [5.41, 5.74) is 4.08. The number of aromatic nitrogens is 1. The van der Waals surface area contributed by atoms with Crippen molar-refractivity contribution in [2.24, 2.45) is 0 Å². The van der Waals surface area contributed by atoms with Crippen molar-refractivity contribution in [2.45, 2.75) is 16.2 Å². The molecule has 0 fully saturated rings. The van der Waals surface area contributed by atoms with Gasteiger partial charge >= 0.3 is 0 Å². The minimum Gasteiger partial charge on any atom is -0.189 e. The molecular weight excluding hydrogens is 322 g/mol. The van der Waals surface area contributed by atoms with E-state index in [1.807, 2.05) is 11.8 Å². The molecule has 4 aromatic rings. The summed E-state index contributed by atoms with van der Waals surface area (Å²) in [7, 11) is 0. The Morgan fingerprint density at radius 3 is 2.08 bits per heavy atom. The maximum atomic E-state index is 2.47. The van der Waals surface area contributed by atoms with Gasteiger partial charge in [-0.15, -0.1) is 11.8 Å². The van der Waals surface area contributed by atoms with Crippen molar-refractivity contribution < 1.29 is 4.57 Å². The Morgan fingerprint density at radius 2 is 1.32 bits per heavy atom. The quantitative estimate of drug-likeness (QED) is 0.432. The molecule has 0 saturated carbocycles. The first kappa shape index (κ1) is 14.7. The number of rotatable bonds is 2. The third-order valence-electron chi connectivity index (χ3n) is 4.92. The first-order chi connectivity index (χ1) is 12.4. The van der Waals surface area contributed by atoms with Crippen LogP contribution in [0.4, 0.5) is 0 Å². The van der Waals surface area contributed by atoms with E-state index in [2.05, 4.69) is 102 Å². The summed E-state index contributed by atoms with van der Waals surface area (Å²) in [5, 5.41) is 1.66. The number of hydrogen-bond acceptors (Lipinski definition) is 1. The van der Waals surface area contributed by atoms with Crippen LogP contribution in [0.5, 0.6) is 0 Å². The highest BCUT2D eigenvalue weighted by Gasteiger charge is 2.39. The van der Waals surface area contributed by atoms with Gasteiger partial charge in [0.05, 0.1) is 4.90 Å². The Bertz CT molecular complexity index is 1020. The predicted octanol–water partition coefficient (Wildman–Crippen LogP) is 5.56. The van der Waals surface area contributed by atoms with Crippen LogP contribution < -0.4 is 4.57 Å². The molecule has 25 heavy (non-hydrogen) atoms. The van der Waals surface area contributed by atoms with Crippen LogP contribution in [0.3, 0.4) is 0 Å². The molecule has 0 bridgehead atoms. The van der Waals surface area contributed by atoms with E-state index in [1.54, 1.807) is 0 Å². The second-order valence-electron chi connectivity index (χ2n) is 6.41. The Balaban J connectivity index is 1.79. The Hall–Kier alpha value is -2.58. The number of nitrogens with zero attached hydrogens (tertiary/aromatic N) is 1. The average Bonchev–Trinajstić information content (AvgIpc) is 2.69. The maximum Gasteiger partial charge on any atom is 0.226 e. The van der Waals surface area contributed by atoms with Crippen molar-refractivity contribution in [3.8, 4) is 0 Å². The lowest BCUT2D eigenvalue weighted by Gasteiger charge is -2.28. The minimum atomic E-state index is 0.284. The zero-order valence-electron chi connectivity index (χ0n) is 13.7.